The number of carbonyl (C=O) groups excluding carboxylic acids is 2. The third kappa shape index (κ3) is 4.36. The molecule has 1 atom stereocenters. The first kappa shape index (κ1) is 18.3. The van der Waals surface area contributed by atoms with Crippen LogP contribution < -0.4 is 0 Å². The molecule has 0 amide bonds. The number of carbonyl (C=O) groups is 2. The number of benzene rings is 1. The van der Waals surface area contributed by atoms with Crippen molar-refractivity contribution >= 4 is 11.8 Å². The number of ketones is 1. The number of hydrogen-bond donors (Lipinski definition) is 0. The van der Waals surface area contributed by atoms with E-state index in [0.29, 0.717) is 5.92 Å². The van der Waals surface area contributed by atoms with Gasteiger partial charge in [-0.2, -0.15) is 8.78 Å². The fourth-order valence-electron chi connectivity index (χ4n) is 2.12. The first-order chi connectivity index (χ1) is 10.2. The predicted molar refractivity (Wildman–Crippen MR) is 80.0 cm³/mol. The number of ether oxygens (including phenoxy) is 1. The lowest BCUT2D eigenvalue weighted by atomic mass is 9.92. The molecule has 0 aromatic heterocycles. The maximum Gasteiger partial charge on any atom is 0.400 e. The summed E-state index contributed by atoms with van der Waals surface area (Å²) >= 11 is 0. The zero-order valence-corrected chi connectivity index (χ0v) is 13.4. The van der Waals surface area contributed by atoms with Crippen LogP contribution in [0, 0.1) is 5.92 Å². The van der Waals surface area contributed by atoms with Gasteiger partial charge < -0.3 is 4.74 Å². The summed E-state index contributed by atoms with van der Waals surface area (Å²) in [5, 5.41) is 0. The van der Waals surface area contributed by atoms with E-state index in [0.717, 1.165) is 11.1 Å². The normalized spacial score (nSPS) is 13.0. The molecule has 22 heavy (non-hydrogen) atoms. The molecule has 3 nitrogen and oxygen atoms in total. The third-order valence-corrected chi connectivity index (χ3v) is 3.48. The van der Waals surface area contributed by atoms with Crippen molar-refractivity contribution in [2.24, 2.45) is 5.92 Å². The zero-order valence-electron chi connectivity index (χ0n) is 13.4. The van der Waals surface area contributed by atoms with Crippen LogP contribution in [0.5, 0.6) is 0 Å². The van der Waals surface area contributed by atoms with Crippen LogP contribution in [0.25, 0.3) is 0 Å². The van der Waals surface area contributed by atoms with Gasteiger partial charge in [0.05, 0.1) is 6.61 Å². The van der Waals surface area contributed by atoms with E-state index in [9.17, 15) is 18.4 Å². The van der Waals surface area contributed by atoms with Gasteiger partial charge in [-0.15, -0.1) is 0 Å². The Bertz CT molecular complexity index is 521. The van der Waals surface area contributed by atoms with Gasteiger partial charge in [-0.25, -0.2) is 4.79 Å². The number of halogens is 2. The zero-order chi connectivity index (χ0) is 16.9. The molecule has 5 heteroatoms. The Hall–Kier alpha value is -1.78. The van der Waals surface area contributed by atoms with Gasteiger partial charge in [-0.05, 0) is 30.4 Å². The van der Waals surface area contributed by atoms with Gasteiger partial charge in [-0.1, -0.05) is 45.0 Å². The standard InChI is InChI=1S/C17H22F2O3/c1-5-22-16(21)17(18,19)15(20)12(4)10-13-6-8-14(9-7-13)11(2)3/h6-9,11-12H,5,10H2,1-4H3. The van der Waals surface area contributed by atoms with Crippen LogP contribution in [0.1, 0.15) is 44.7 Å². The summed E-state index contributed by atoms with van der Waals surface area (Å²) in [5.74, 6) is -7.86. The Morgan fingerprint density at radius 2 is 1.68 bits per heavy atom. The Morgan fingerprint density at radius 1 is 1.14 bits per heavy atom. The minimum Gasteiger partial charge on any atom is -0.461 e. The molecule has 0 saturated heterocycles. The fraction of sp³-hybridized carbons (Fsp3) is 0.529. The molecular formula is C17H22F2O3. The number of alkyl halides is 2. The molecule has 0 radical (unpaired) electrons. The highest BCUT2D eigenvalue weighted by Gasteiger charge is 2.50. The lowest BCUT2D eigenvalue weighted by molar-refractivity contribution is -0.178. The van der Waals surface area contributed by atoms with E-state index in [1.54, 1.807) is 0 Å². The maximum atomic E-state index is 13.7. The van der Waals surface area contributed by atoms with Gasteiger partial charge >= 0.3 is 11.9 Å². The molecule has 0 spiro atoms. The van der Waals surface area contributed by atoms with E-state index in [1.807, 2.05) is 24.3 Å². The molecule has 0 N–H and O–H groups in total. The quantitative estimate of drug-likeness (QED) is 0.569. The Morgan fingerprint density at radius 3 is 2.14 bits per heavy atom. The molecule has 0 aliphatic carbocycles. The van der Waals surface area contributed by atoms with Gasteiger partial charge in [0.2, 0.25) is 5.78 Å². The highest BCUT2D eigenvalue weighted by atomic mass is 19.3. The van der Waals surface area contributed by atoms with E-state index >= 15 is 0 Å². The average Bonchev–Trinajstić information content (AvgIpc) is 2.47. The lowest BCUT2D eigenvalue weighted by Gasteiger charge is -2.18. The van der Waals surface area contributed by atoms with Crippen LogP contribution >= 0.6 is 0 Å². The minimum atomic E-state index is -4.09. The summed E-state index contributed by atoms with van der Waals surface area (Å²) in [6, 6.07) is 7.48. The number of rotatable bonds is 7. The van der Waals surface area contributed by atoms with Crippen molar-refractivity contribution in [1.82, 2.24) is 0 Å². The van der Waals surface area contributed by atoms with Crippen molar-refractivity contribution < 1.29 is 23.1 Å². The molecule has 1 aromatic rings. The number of Topliss-reactive ketones (excluding diaryl/α,β-unsaturated/α-hetero) is 1. The Kier molecular flexibility index (Phi) is 6.21. The van der Waals surface area contributed by atoms with Crippen molar-refractivity contribution in [3.05, 3.63) is 35.4 Å². The van der Waals surface area contributed by atoms with Gasteiger partial charge in [0.25, 0.3) is 0 Å². The SMILES string of the molecule is CCOC(=O)C(F)(F)C(=O)C(C)Cc1ccc(C(C)C)cc1. The summed E-state index contributed by atoms with van der Waals surface area (Å²) in [6.45, 7) is 6.73. The molecule has 122 valence electrons. The van der Waals surface area contributed by atoms with E-state index in [-0.39, 0.29) is 13.0 Å². The molecular weight excluding hydrogens is 290 g/mol. The first-order valence-electron chi connectivity index (χ1n) is 7.38. The summed E-state index contributed by atoms with van der Waals surface area (Å²) < 4.78 is 31.7. The first-order valence-corrected chi connectivity index (χ1v) is 7.38. The largest absolute Gasteiger partial charge is 0.461 e. The van der Waals surface area contributed by atoms with Crippen LogP contribution in [0.2, 0.25) is 0 Å². The average molecular weight is 312 g/mol. The van der Waals surface area contributed by atoms with E-state index in [2.05, 4.69) is 18.6 Å². The molecule has 0 aliphatic rings. The molecule has 0 bridgehead atoms. The second-order valence-corrected chi connectivity index (χ2v) is 5.66. The van der Waals surface area contributed by atoms with Gasteiger partial charge in [-0.3, -0.25) is 4.79 Å². The van der Waals surface area contributed by atoms with Gasteiger partial charge in [0, 0.05) is 5.92 Å². The van der Waals surface area contributed by atoms with Crippen LogP contribution in [0.3, 0.4) is 0 Å². The van der Waals surface area contributed by atoms with Crippen LogP contribution in [0.4, 0.5) is 8.78 Å². The Labute approximate surface area is 129 Å². The van der Waals surface area contributed by atoms with E-state index in [4.69, 9.17) is 0 Å². The second-order valence-electron chi connectivity index (χ2n) is 5.66. The van der Waals surface area contributed by atoms with E-state index < -0.39 is 23.6 Å². The van der Waals surface area contributed by atoms with Crippen LogP contribution in [-0.4, -0.2) is 24.3 Å². The van der Waals surface area contributed by atoms with E-state index in [1.165, 1.54) is 13.8 Å². The molecule has 0 fully saturated rings. The van der Waals surface area contributed by atoms with Gasteiger partial charge in [0.15, 0.2) is 0 Å². The topological polar surface area (TPSA) is 43.4 Å². The summed E-state index contributed by atoms with van der Waals surface area (Å²) in [7, 11) is 0. The van der Waals surface area contributed by atoms with Gasteiger partial charge in [0.1, 0.15) is 0 Å². The van der Waals surface area contributed by atoms with Crippen LogP contribution in [0.15, 0.2) is 24.3 Å². The molecule has 1 aromatic carbocycles. The summed E-state index contributed by atoms with van der Waals surface area (Å²) in [5.41, 5.74) is 1.92. The van der Waals surface area contributed by atoms with Crippen molar-refractivity contribution in [3.63, 3.8) is 0 Å². The molecule has 0 aliphatic heterocycles. The maximum absolute atomic E-state index is 13.7. The summed E-state index contributed by atoms with van der Waals surface area (Å²) in [6.07, 6.45) is 0.159. The highest BCUT2D eigenvalue weighted by molar-refractivity contribution is 6.06. The molecule has 1 unspecified atom stereocenters. The van der Waals surface area contributed by atoms with Crippen molar-refractivity contribution in [2.45, 2.75) is 46.0 Å². The van der Waals surface area contributed by atoms with Crippen LogP contribution in [-0.2, 0) is 20.7 Å². The van der Waals surface area contributed by atoms with Crippen molar-refractivity contribution in [3.8, 4) is 0 Å². The Balaban J connectivity index is 2.77. The smallest absolute Gasteiger partial charge is 0.400 e. The molecule has 0 saturated carbocycles. The molecule has 0 heterocycles. The fourth-order valence-corrected chi connectivity index (χ4v) is 2.12. The lowest BCUT2D eigenvalue weighted by Crippen LogP contribution is -2.43. The monoisotopic (exact) mass is 312 g/mol. The van der Waals surface area contributed by atoms with Crippen molar-refractivity contribution in [1.29, 1.82) is 0 Å². The van der Waals surface area contributed by atoms with Crippen molar-refractivity contribution in [2.75, 3.05) is 6.61 Å². The minimum absolute atomic E-state index is 0.159. The third-order valence-electron chi connectivity index (χ3n) is 3.48. The highest BCUT2D eigenvalue weighted by Crippen LogP contribution is 2.24. The molecule has 1 rings (SSSR count). The number of hydrogen-bond acceptors (Lipinski definition) is 3. The number of esters is 1. The summed E-state index contributed by atoms with van der Waals surface area (Å²) in [4.78, 5) is 23.0. The predicted octanol–water partition coefficient (Wildman–Crippen LogP) is 3.76. The second kappa shape index (κ2) is 7.47.